The summed E-state index contributed by atoms with van der Waals surface area (Å²) in [6.45, 7) is 8.83. The Kier molecular flexibility index (Phi) is 6.14. The van der Waals surface area contributed by atoms with Crippen LogP contribution in [0.2, 0.25) is 0 Å². The third kappa shape index (κ3) is 4.37. The van der Waals surface area contributed by atoms with E-state index in [0.29, 0.717) is 12.0 Å². The molecule has 2 rings (SSSR count). The van der Waals surface area contributed by atoms with Crippen molar-refractivity contribution >= 4 is 5.96 Å². The number of aliphatic imine (C=N–C) groups is 1. The van der Waals surface area contributed by atoms with E-state index in [4.69, 9.17) is 5.73 Å². The van der Waals surface area contributed by atoms with Gasteiger partial charge in [0.15, 0.2) is 5.96 Å². The minimum atomic E-state index is 0.641. The van der Waals surface area contributed by atoms with E-state index < -0.39 is 0 Å². The molecule has 3 atom stereocenters. The fraction of sp³-hybridized carbons (Fsp3) is 0.938. The highest BCUT2D eigenvalue weighted by atomic mass is 15.2. The monoisotopic (exact) mass is 280 g/mol. The molecule has 2 fully saturated rings. The normalized spacial score (nSPS) is 32.5. The maximum atomic E-state index is 6.02. The zero-order valence-corrected chi connectivity index (χ0v) is 13.3. The van der Waals surface area contributed by atoms with E-state index in [0.717, 1.165) is 31.5 Å². The van der Waals surface area contributed by atoms with Gasteiger partial charge in [0.25, 0.3) is 0 Å². The molecule has 1 aliphatic carbocycles. The third-order valence-corrected chi connectivity index (χ3v) is 5.21. The number of nitrogens with zero attached hydrogens (tertiary/aromatic N) is 2. The summed E-state index contributed by atoms with van der Waals surface area (Å²) < 4.78 is 0. The average Bonchev–Trinajstić information content (AvgIpc) is 2.91. The van der Waals surface area contributed by atoms with Crippen molar-refractivity contribution in [2.24, 2.45) is 22.6 Å². The van der Waals surface area contributed by atoms with Crippen LogP contribution in [0.5, 0.6) is 0 Å². The fourth-order valence-electron chi connectivity index (χ4n) is 3.70. The Hall–Kier alpha value is -0.770. The minimum absolute atomic E-state index is 0.641. The molecule has 0 aromatic heterocycles. The Bertz CT molecular complexity index is 316. The van der Waals surface area contributed by atoms with Crippen molar-refractivity contribution < 1.29 is 0 Å². The van der Waals surface area contributed by atoms with E-state index in [1.165, 1.54) is 45.1 Å². The number of likely N-dealkylation sites (tertiary alicyclic amines) is 1. The van der Waals surface area contributed by atoms with Gasteiger partial charge >= 0.3 is 0 Å². The summed E-state index contributed by atoms with van der Waals surface area (Å²) in [6.07, 6.45) is 8.05. The van der Waals surface area contributed by atoms with Crippen molar-refractivity contribution in [3.8, 4) is 0 Å². The molecule has 0 aromatic carbocycles. The quantitative estimate of drug-likeness (QED) is 0.599. The summed E-state index contributed by atoms with van der Waals surface area (Å²) in [5, 5.41) is 3.33. The van der Waals surface area contributed by atoms with Crippen LogP contribution in [-0.2, 0) is 0 Å². The number of hydrogen-bond acceptors (Lipinski definition) is 2. The van der Waals surface area contributed by atoms with Crippen molar-refractivity contribution in [3.05, 3.63) is 0 Å². The van der Waals surface area contributed by atoms with Crippen LogP contribution in [0, 0.1) is 11.8 Å². The first-order valence-corrected chi connectivity index (χ1v) is 8.48. The number of nitrogens with one attached hydrogen (secondary N) is 1. The SMILES string of the molecule is CCN1CCCC1CNC(N)=NCC1CCCCC1C. The average molecular weight is 280 g/mol. The predicted octanol–water partition coefficient (Wildman–Crippen LogP) is 2.20. The molecule has 116 valence electrons. The molecular formula is C16H32N4. The zero-order valence-electron chi connectivity index (χ0n) is 13.3. The van der Waals surface area contributed by atoms with Gasteiger partial charge in [-0.15, -0.1) is 0 Å². The van der Waals surface area contributed by atoms with Crippen LogP contribution in [0.1, 0.15) is 52.4 Å². The number of hydrogen-bond donors (Lipinski definition) is 2. The van der Waals surface area contributed by atoms with Gasteiger partial charge in [-0.25, -0.2) is 0 Å². The highest BCUT2D eigenvalue weighted by Crippen LogP contribution is 2.29. The van der Waals surface area contributed by atoms with E-state index in [2.05, 4.69) is 29.1 Å². The molecule has 0 bridgehead atoms. The molecule has 3 N–H and O–H groups in total. The van der Waals surface area contributed by atoms with Crippen LogP contribution in [0.25, 0.3) is 0 Å². The standard InChI is InChI=1S/C16H32N4/c1-3-20-10-6-9-15(20)12-19-16(17)18-11-14-8-5-4-7-13(14)2/h13-15H,3-12H2,1-2H3,(H3,17,18,19). The Balaban J connectivity index is 1.70. The molecule has 1 saturated carbocycles. The predicted molar refractivity (Wildman–Crippen MR) is 85.9 cm³/mol. The van der Waals surface area contributed by atoms with E-state index >= 15 is 0 Å². The lowest BCUT2D eigenvalue weighted by molar-refractivity contribution is 0.262. The van der Waals surface area contributed by atoms with E-state index in [1.54, 1.807) is 0 Å². The van der Waals surface area contributed by atoms with Crippen LogP contribution in [0.15, 0.2) is 4.99 Å². The summed E-state index contributed by atoms with van der Waals surface area (Å²) in [5.74, 6) is 2.19. The number of likely N-dealkylation sites (N-methyl/N-ethyl adjacent to an activating group) is 1. The van der Waals surface area contributed by atoms with Crippen LogP contribution in [0.4, 0.5) is 0 Å². The van der Waals surface area contributed by atoms with Gasteiger partial charge in [-0.3, -0.25) is 9.89 Å². The molecule has 20 heavy (non-hydrogen) atoms. The Morgan fingerprint density at radius 2 is 2.05 bits per heavy atom. The maximum absolute atomic E-state index is 6.02. The Morgan fingerprint density at radius 1 is 1.25 bits per heavy atom. The Morgan fingerprint density at radius 3 is 2.80 bits per heavy atom. The summed E-state index contributed by atoms with van der Waals surface area (Å²) in [7, 11) is 0. The number of rotatable bonds is 5. The Labute approximate surface area is 124 Å². The highest BCUT2D eigenvalue weighted by Gasteiger charge is 2.23. The molecule has 2 aliphatic rings. The number of nitrogens with two attached hydrogens (primary N) is 1. The van der Waals surface area contributed by atoms with Gasteiger partial charge in [0.1, 0.15) is 0 Å². The van der Waals surface area contributed by atoms with Gasteiger partial charge in [0.05, 0.1) is 0 Å². The molecule has 0 amide bonds. The molecule has 1 saturated heterocycles. The molecular weight excluding hydrogens is 248 g/mol. The molecule has 0 aromatic rings. The summed E-state index contributed by atoms with van der Waals surface area (Å²) >= 11 is 0. The molecule has 0 spiro atoms. The van der Waals surface area contributed by atoms with Crippen molar-refractivity contribution in [2.45, 2.75) is 58.4 Å². The van der Waals surface area contributed by atoms with Gasteiger partial charge in [-0.05, 0) is 44.2 Å². The largest absolute Gasteiger partial charge is 0.370 e. The van der Waals surface area contributed by atoms with Crippen molar-refractivity contribution in [2.75, 3.05) is 26.2 Å². The first-order chi connectivity index (χ1) is 9.70. The molecule has 4 heteroatoms. The zero-order chi connectivity index (χ0) is 14.4. The van der Waals surface area contributed by atoms with Crippen LogP contribution < -0.4 is 11.1 Å². The van der Waals surface area contributed by atoms with Crippen molar-refractivity contribution in [1.29, 1.82) is 0 Å². The molecule has 1 heterocycles. The second-order valence-electron chi connectivity index (χ2n) is 6.55. The van der Waals surface area contributed by atoms with Crippen molar-refractivity contribution in [3.63, 3.8) is 0 Å². The van der Waals surface area contributed by atoms with E-state index in [9.17, 15) is 0 Å². The topological polar surface area (TPSA) is 53.6 Å². The van der Waals surface area contributed by atoms with Gasteiger partial charge in [-0.1, -0.05) is 33.1 Å². The van der Waals surface area contributed by atoms with Gasteiger partial charge in [0.2, 0.25) is 0 Å². The summed E-state index contributed by atoms with van der Waals surface area (Å²) in [5.41, 5.74) is 6.02. The summed E-state index contributed by atoms with van der Waals surface area (Å²) in [6, 6.07) is 0.641. The molecule has 0 radical (unpaired) electrons. The lowest BCUT2D eigenvalue weighted by atomic mass is 9.80. The van der Waals surface area contributed by atoms with E-state index in [1.807, 2.05) is 0 Å². The summed E-state index contributed by atoms with van der Waals surface area (Å²) in [4.78, 5) is 7.11. The number of guanidine groups is 1. The highest BCUT2D eigenvalue weighted by molar-refractivity contribution is 5.77. The first kappa shape index (κ1) is 15.6. The second kappa shape index (κ2) is 7.87. The molecule has 4 nitrogen and oxygen atoms in total. The fourth-order valence-corrected chi connectivity index (χ4v) is 3.70. The third-order valence-electron chi connectivity index (χ3n) is 5.21. The van der Waals surface area contributed by atoms with Gasteiger partial charge in [-0.2, -0.15) is 0 Å². The van der Waals surface area contributed by atoms with Gasteiger partial charge < -0.3 is 11.1 Å². The lowest BCUT2D eigenvalue weighted by Crippen LogP contribution is -2.43. The first-order valence-electron chi connectivity index (χ1n) is 8.48. The lowest BCUT2D eigenvalue weighted by Gasteiger charge is -2.27. The molecule has 3 unspecified atom stereocenters. The van der Waals surface area contributed by atoms with Crippen LogP contribution >= 0.6 is 0 Å². The second-order valence-corrected chi connectivity index (χ2v) is 6.55. The molecule has 1 aliphatic heterocycles. The van der Waals surface area contributed by atoms with Crippen LogP contribution in [-0.4, -0.2) is 43.1 Å². The van der Waals surface area contributed by atoms with Gasteiger partial charge in [0, 0.05) is 19.1 Å². The minimum Gasteiger partial charge on any atom is -0.370 e. The maximum Gasteiger partial charge on any atom is 0.188 e. The van der Waals surface area contributed by atoms with Crippen LogP contribution in [0.3, 0.4) is 0 Å². The van der Waals surface area contributed by atoms with Crippen molar-refractivity contribution in [1.82, 2.24) is 10.2 Å². The van der Waals surface area contributed by atoms with E-state index in [-0.39, 0.29) is 0 Å². The smallest absolute Gasteiger partial charge is 0.188 e.